The van der Waals surface area contributed by atoms with E-state index in [1.54, 1.807) is 75.4 Å². The predicted octanol–water partition coefficient (Wildman–Crippen LogP) is 3.16. The first-order valence-electron chi connectivity index (χ1n) is 16.4. The number of nitrogens with two attached hydrogens (primary N) is 1. The normalized spacial score (nSPS) is 12.5. The molecule has 0 radical (unpaired) electrons. The van der Waals surface area contributed by atoms with E-state index < -0.39 is 66.1 Å². The van der Waals surface area contributed by atoms with Crippen LogP contribution in [0.1, 0.15) is 43.9 Å². The fourth-order valence-corrected chi connectivity index (χ4v) is 4.77. The number of rotatable bonds is 16. The second-order valence-corrected chi connectivity index (χ2v) is 12.7. The average molecular weight is 737 g/mol. The molecule has 3 aromatic carbocycles. The van der Waals surface area contributed by atoms with Gasteiger partial charge in [0.1, 0.15) is 36.1 Å². The lowest BCUT2D eigenvalue weighted by molar-refractivity contribution is -0.145. The number of benzene rings is 3. The number of hydrogen-bond acceptors (Lipinski definition) is 12. The fraction of sp³-hybridized carbons (Fsp3) is 0.351. The molecule has 0 aromatic heterocycles. The van der Waals surface area contributed by atoms with Gasteiger partial charge in [0.2, 0.25) is 11.8 Å². The highest BCUT2D eigenvalue weighted by Crippen LogP contribution is 2.32. The van der Waals surface area contributed by atoms with Crippen LogP contribution in [0.4, 0.5) is 9.59 Å². The van der Waals surface area contributed by atoms with E-state index in [9.17, 15) is 33.9 Å². The smallest absolute Gasteiger partial charge is 0.408 e. The number of phenols is 1. The van der Waals surface area contributed by atoms with E-state index in [4.69, 9.17) is 29.4 Å². The van der Waals surface area contributed by atoms with Crippen LogP contribution in [-0.4, -0.2) is 79.0 Å². The Hall–Kier alpha value is -6.32. The first kappa shape index (κ1) is 41.1. The van der Waals surface area contributed by atoms with Crippen molar-refractivity contribution in [1.82, 2.24) is 16.0 Å². The monoisotopic (exact) mass is 736 g/mol. The third-order valence-electron chi connectivity index (χ3n) is 7.26. The molecule has 284 valence electrons. The van der Waals surface area contributed by atoms with Gasteiger partial charge in [-0.05, 0) is 61.7 Å². The minimum Gasteiger partial charge on any atom is -0.504 e. The molecule has 3 atom stereocenters. The molecular weight excluding hydrogens is 692 g/mol. The molecule has 0 saturated heterocycles. The molecule has 53 heavy (non-hydrogen) atoms. The summed E-state index contributed by atoms with van der Waals surface area (Å²) in [5, 5.41) is 17.8. The zero-order valence-electron chi connectivity index (χ0n) is 30.0. The first-order chi connectivity index (χ1) is 25.1. The summed E-state index contributed by atoms with van der Waals surface area (Å²) in [4.78, 5) is 74.6. The summed E-state index contributed by atoms with van der Waals surface area (Å²) in [5.41, 5.74) is 6.23. The zero-order chi connectivity index (χ0) is 39.1. The predicted molar refractivity (Wildman–Crippen MR) is 189 cm³/mol. The highest BCUT2D eigenvalue weighted by Gasteiger charge is 2.30. The molecule has 0 aliphatic rings. The molecule has 16 nitrogen and oxygen atoms in total. The SMILES string of the molecule is COC(=O)[C@H](Cc1ccc(O)c(Oc2ccc(C[C@H](NC(=O)[C@H](CC(N)=O)NC(=O)OC(C)(C)C)C(=O)OC)cc2)c1)NC(=O)OCc1ccccc1. The van der Waals surface area contributed by atoms with E-state index in [0.717, 1.165) is 12.7 Å². The number of aromatic hydroxyl groups is 1. The highest BCUT2D eigenvalue weighted by atomic mass is 16.6. The minimum absolute atomic E-state index is 0.000705. The number of nitrogens with one attached hydrogen (secondary N) is 3. The summed E-state index contributed by atoms with van der Waals surface area (Å²) in [6.07, 6.45) is -2.40. The zero-order valence-corrected chi connectivity index (χ0v) is 30.0. The van der Waals surface area contributed by atoms with Crippen molar-refractivity contribution in [1.29, 1.82) is 0 Å². The Balaban J connectivity index is 1.68. The molecule has 0 aliphatic heterocycles. The Morgan fingerprint density at radius 2 is 1.28 bits per heavy atom. The minimum atomic E-state index is -1.43. The number of amides is 4. The van der Waals surface area contributed by atoms with Crippen molar-refractivity contribution < 1.29 is 57.6 Å². The molecule has 3 rings (SSSR count). The first-order valence-corrected chi connectivity index (χ1v) is 16.4. The molecule has 0 saturated carbocycles. The van der Waals surface area contributed by atoms with E-state index in [1.807, 2.05) is 6.07 Å². The van der Waals surface area contributed by atoms with Gasteiger partial charge in [-0.25, -0.2) is 19.2 Å². The molecule has 16 heteroatoms. The number of phenolic OH excluding ortho intramolecular Hbond substituents is 1. The van der Waals surface area contributed by atoms with Gasteiger partial charge < -0.3 is 50.5 Å². The summed E-state index contributed by atoms with van der Waals surface area (Å²) >= 11 is 0. The molecule has 0 spiro atoms. The Kier molecular flexibility index (Phi) is 15.0. The Labute approximate surface area is 306 Å². The van der Waals surface area contributed by atoms with Gasteiger partial charge >= 0.3 is 24.1 Å². The van der Waals surface area contributed by atoms with Crippen LogP contribution in [-0.2, 0) is 57.6 Å². The molecule has 0 bridgehead atoms. The number of esters is 2. The number of primary amides is 1. The molecule has 0 heterocycles. The van der Waals surface area contributed by atoms with Crippen molar-refractivity contribution in [2.24, 2.45) is 5.73 Å². The number of carbonyl (C=O) groups is 6. The van der Waals surface area contributed by atoms with Gasteiger partial charge in [0.25, 0.3) is 0 Å². The molecule has 6 N–H and O–H groups in total. The lowest BCUT2D eigenvalue weighted by atomic mass is 10.0. The Morgan fingerprint density at radius 3 is 1.87 bits per heavy atom. The highest BCUT2D eigenvalue weighted by molar-refractivity contribution is 5.93. The number of alkyl carbamates (subject to hydrolysis) is 2. The van der Waals surface area contributed by atoms with E-state index in [-0.39, 0.29) is 36.7 Å². The molecule has 4 amide bonds. The molecule has 0 unspecified atom stereocenters. The van der Waals surface area contributed by atoms with E-state index in [1.165, 1.54) is 19.2 Å². The number of ether oxygens (including phenoxy) is 5. The van der Waals surface area contributed by atoms with Crippen molar-refractivity contribution in [2.75, 3.05) is 14.2 Å². The molecule has 0 aliphatic carbocycles. The topological polar surface area (TPSA) is 231 Å². The summed E-state index contributed by atoms with van der Waals surface area (Å²) < 4.78 is 26.0. The standard InChI is InChI=1S/C37H44N4O12/c1-37(2,3)53-36(48)40-26(20-31(38)43)32(44)39-27(33(45)49-4)17-22-11-14-25(15-12-22)52-30-19-24(13-16-29(30)42)18-28(34(46)50-5)41-35(47)51-21-23-9-7-6-8-10-23/h6-16,19,26-28,42H,17-18,20-21H2,1-5H3,(H2,38,43)(H,39,44)(H,40,48)(H,41,47)/t26-,27-,28-/m0/s1. The van der Waals surface area contributed by atoms with Crippen LogP contribution in [0, 0.1) is 0 Å². The summed E-state index contributed by atoms with van der Waals surface area (Å²) in [6.45, 7) is 4.86. The number of hydrogen-bond donors (Lipinski definition) is 5. The lowest BCUT2D eigenvalue weighted by Gasteiger charge is -2.24. The number of carbonyl (C=O) groups excluding carboxylic acids is 6. The van der Waals surface area contributed by atoms with Crippen molar-refractivity contribution in [2.45, 2.75) is 70.4 Å². The van der Waals surface area contributed by atoms with Crippen LogP contribution in [0.15, 0.2) is 72.8 Å². The van der Waals surface area contributed by atoms with E-state index >= 15 is 0 Å². The molecule has 0 fully saturated rings. The van der Waals surface area contributed by atoms with Crippen LogP contribution in [0.3, 0.4) is 0 Å². The van der Waals surface area contributed by atoms with Gasteiger partial charge in [0, 0.05) is 12.8 Å². The van der Waals surface area contributed by atoms with Crippen LogP contribution >= 0.6 is 0 Å². The van der Waals surface area contributed by atoms with Crippen LogP contribution in [0.5, 0.6) is 17.2 Å². The van der Waals surface area contributed by atoms with Gasteiger partial charge in [0.05, 0.1) is 20.6 Å². The second kappa shape index (κ2) is 19.3. The number of methoxy groups -OCH3 is 2. The van der Waals surface area contributed by atoms with Gasteiger partial charge in [-0.15, -0.1) is 0 Å². The summed E-state index contributed by atoms with van der Waals surface area (Å²) in [5.74, 6) is -3.12. The van der Waals surface area contributed by atoms with Crippen LogP contribution < -0.4 is 26.4 Å². The lowest BCUT2D eigenvalue weighted by Crippen LogP contribution is -2.54. The third-order valence-corrected chi connectivity index (χ3v) is 7.26. The van der Waals surface area contributed by atoms with E-state index in [2.05, 4.69) is 16.0 Å². The van der Waals surface area contributed by atoms with Gasteiger partial charge in [-0.3, -0.25) is 9.59 Å². The van der Waals surface area contributed by atoms with Crippen LogP contribution in [0.25, 0.3) is 0 Å². The van der Waals surface area contributed by atoms with Gasteiger partial charge in [0.15, 0.2) is 11.5 Å². The maximum absolute atomic E-state index is 13.1. The van der Waals surface area contributed by atoms with Crippen LogP contribution in [0.2, 0.25) is 0 Å². The maximum Gasteiger partial charge on any atom is 0.408 e. The van der Waals surface area contributed by atoms with Crippen molar-refractivity contribution in [3.05, 3.63) is 89.5 Å². The fourth-order valence-electron chi connectivity index (χ4n) is 4.77. The summed E-state index contributed by atoms with van der Waals surface area (Å²) in [7, 11) is 2.33. The van der Waals surface area contributed by atoms with Gasteiger partial charge in [-0.1, -0.05) is 48.5 Å². The largest absolute Gasteiger partial charge is 0.504 e. The van der Waals surface area contributed by atoms with Gasteiger partial charge in [-0.2, -0.15) is 0 Å². The summed E-state index contributed by atoms with van der Waals surface area (Å²) in [6, 6.07) is 16.0. The second-order valence-electron chi connectivity index (χ2n) is 12.7. The van der Waals surface area contributed by atoms with E-state index in [0.29, 0.717) is 11.1 Å². The average Bonchev–Trinajstić information content (AvgIpc) is 3.10. The molecule has 3 aromatic rings. The Morgan fingerprint density at radius 1 is 0.717 bits per heavy atom. The quantitative estimate of drug-likeness (QED) is 0.105. The molecular formula is C37H44N4O12. The van der Waals surface area contributed by atoms with Crippen molar-refractivity contribution in [3.63, 3.8) is 0 Å². The Bertz CT molecular complexity index is 1740. The maximum atomic E-state index is 13.1. The van der Waals surface area contributed by atoms with Crippen molar-refractivity contribution >= 4 is 35.9 Å². The van der Waals surface area contributed by atoms with Crippen molar-refractivity contribution in [3.8, 4) is 17.2 Å². The third kappa shape index (κ3) is 14.1.